The first-order chi connectivity index (χ1) is 9.43. The number of likely N-dealkylation sites (tertiary alicyclic amines) is 1. The van der Waals surface area contributed by atoms with Crippen LogP contribution in [0.5, 0.6) is 0 Å². The van der Waals surface area contributed by atoms with E-state index in [1.807, 2.05) is 0 Å². The minimum Gasteiger partial charge on any atom is -0.467 e. The van der Waals surface area contributed by atoms with Crippen LogP contribution in [0.4, 0.5) is 4.79 Å². The zero-order valence-electron chi connectivity index (χ0n) is 12.8. The zero-order valence-corrected chi connectivity index (χ0v) is 13.6. The summed E-state index contributed by atoms with van der Waals surface area (Å²) < 4.78 is 37.0. The molecule has 1 amide bonds. The highest BCUT2D eigenvalue weighted by Crippen LogP contribution is 2.25. The topological polar surface area (TPSA) is 99.2 Å². The van der Waals surface area contributed by atoms with E-state index < -0.39 is 39.9 Å². The van der Waals surface area contributed by atoms with Gasteiger partial charge in [-0.1, -0.05) is 0 Å². The number of amides is 1. The van der Waals surface area contributed by atoms with Crippen molar-refractivity contribution in [2.24, 2.45) is 0 Å². The second-order valence-electron chi connectivity index (χ2n) is 5.83. The fourth-order valence-corrected chi connectivity index (χ4v) is 2.63. The summed E-state index contributed by atoms with van der Waals surface area (Å²) in [5.41, 5.74) is -0.729. The number of ether oxygens (including phenoxy) is 2. The summed E-state index contributed by atoms with van der Waals surface area (Å²) in [7, 11) is -2.48. The van der Waals surface area contributed by atoms with Crippen LogP contribution < -0.4 is 0 Å². The first-order valence-corrected chi connectivity index (χ1v) is 8.20. The Hall–Kier alpha value is -1.35. The lowest BCUT2D eigenvalue weighted by Gasteiger charge is -2.27. The van der Waals surface area contributed by atoms with Gasteiger partial charge in [-0.3, -0.25) is 9.08 Å². The SMILES string of the molecule is COC(=O)[C@H]1C[C@@H](OS(C)(=O)=O)CN1C(=O)OC(C)(C)C. The molecule has 1 heterocycles. The third kappa shape index (κ3) is 5.50. The smallest absolute Gasteiger partial charge is 0.411 e. The van der Waals surface area contributed by atoms with Gasteiger partial charge in [-0.25, -0.2) is 9.59 Å². The molecule has 21 heavy (non-hydrogen) atoms. The predicted molar refractivity (Wildman–Crippen MR) is 73.1 cm³/mol. The maximum Gasteiger partial charge on any atom is 0.411 e. The van der Waals surface area contributed by atoms with Crippen LogP contribution in [0.1, 0.15) is 27.2 Å². The van der Waals surface area contributed by atoms with Gasteiger partial charge < -0.3 is 9.47 Å². The molecule has 1 rings (SSSR count). The number of hydrogen-bond donors (Lipinski definition) is 0. The molecule has 0 radical (unpaired) electrons. The number of rotatable bonds is 3. The average molecular weight is 323 g/mol. The summed E-state index contributed by atoms with van der Waals surface area (Å²) >= 11 is 0. The number of methoxy groups -OCH3 is 1. The molecule has 0 bridgehead atoms. The molecular formula is C12H21NO7S. The third-order valence-electron chi connectivity index (χ3n) is 2.67. The lowest BCUT2D eigenvalue weighted by atomic mass is 10.2. The van der Waals surface area contributed by atoms with Crippen LogP contribution in [0.3, 0.4) is 0 Å². The van der Waals surface area contributed by atoms with Gasteiger partial charge in [0, 0.05) is 6.42 Å². The van der Waals surface area contributed by atoms with Gasteiger partial charge in [0.2, 0.25) is 0 Å². The summed E-state index contributed by atoms with van der Waals surface area (Å²) in [5.74, 6) is -0.638. The van der Waals surface area contributed by atoms with Crippen molar-refractivity contribution in [2.75, 3.05) is 19.9 Å². The second kappa shape index (κ2) is 6.18. The molecule has 1 aliphatic rings. The molecule has 0 saturated carbocycles. The van der Waals surface area contributed by atoms with Gasteiger partial charge in [-0.05, 0) is 20.8 Å². The summed E-state index contributed by atoms with van der Waals surface area (Å²) in [5, 5.41) is 0. The van der Waals surface area contributed by atoms with Crippen molar-refractivity contribution in [1.82, 2.24) is 4.90 Å². The van der Waals surface area contributed by atoms with Crippen LogP contribution in [0.25, 0.3) is 0 Å². The monoisotopic (exact) mass is 323 g/mol. The van der Waals surface area contributed by atoms with Crippen LogP contribution >= 0.6 is 0 Å². The van der Waals surface area contributed by atoms with E-state index in [-0.39, 0.29) is 13.0 Å². The lowest BCUT2D eigenvalue weighted by molar-refractivity contribution is -0.145. The highest BCUT2D eigenvalue weighted by molar-refractivity contribution is 7.86. The Balaban J connectivity index is 2.88. The summed E-state index contributed by atoms with van der Waals surface area (Å²) in [6.07, 6.45) is -0.552. The van der Waals surface area contributed by atoms with E-state index in [2.05, 4.69) is 4.74 Å². The molecule has 122 valence electrons. The number of hydrogen-bond acceptors (Lipinski definition) is 7. The van der Waals surface area contributed by atoms with Crippen molar-refractivity contribution in [3.63, 3.8) is 0 Å². The van der Waals surface area contributed by atoms with E-state index in [4.69, 9.17) is 8.92 Å². The number of carbonyl (C=O) groups is 2. The Morgan fingerprint density at radius 1 is 1.24 bits per heavy atom. The van der Waals surface area contributed by atoms with Crippen LogP contribution in [-0.4, -0.2) is 63.0 Å². The Morgan fingerprint density at radius 3 is 2.24 bits per heavy atom. The maximum atomic E-state index is 12.1. The van der Waals surface area contributed by atoms with Crippen molar-refractivity contribution in [2.45, 2.75) is 44.9 Å². The Morgan fingerprint density at radius 2 is 1.81 bits per heavy atom. The summed E-state index contributed by atoms with van der Waals surface area (Å²) in [6.45, 7) is 5.03. The van der Waals surface area contributed by atoms with Gasteiger partial charge >= 0.3 is 12.1 Å². The van der Waals surface area contributed by atoms with E-state index >= 15 is 0 Å². The van der Waals surface area contributed by atoms with Crippen molar-refractivity contribution in [1.29, 1.82) is 0 Å². The van der Waals surface area contributed by atoms with Gasteiger partial charge in [0.05, 0.1) is 26.0 Å². The highest BCUT2D eigenvalue weighted by atomic mass is 32.2. The molecule has 0 spiro atoms. The highest BCUT2D eigenvalue weighted by Gasteiger charge is 2.43. The molecule has 1 saturated heterocycles. The Labute approximate surface area is 124 Å². The number of esters is 1. The van der Waals surface area contributed by atoms with Gasteiger partial charge in [0.25, 0.3) is 10.1 Å². The van der Waals surface area contributed by atoms with E-state index in [1.54, 1.807) is 20.8 Å². The number of nitrogens with zero attached hydrogens (tertiary/aromatic N) is 1. The van der Waals surface area contributed by atoms with E-state index in [0.29, 0.717) is 0 Å². The van der Waals surface area contributed by atoms with Crippen LogP contribution in [0.2, 0.25) is 0 Å². The average Bonchev–Trinajstić information content (AvgIpc) is 2.67. The quantitative estimate of drug-likeness (QED) is 0.551. The molecule has 0 N–H and O–H groups in total. The third-order valence-corrected chi connectivity index (χ3v) is 3.30. The Bertz CT molecular complexity index is 508. The van der Waals surface area contributed by atoms with Crippen molar-refractivity contribution in [3.05, 3.63) is 0 Å². The van der Waals surface area contributed by atoms with Gasteiger partial charge in [0.15, 0.2) is 0 Å². The molecule has 1 fully saturated rings. The van der Waals surface area contributed by atoms with E-state index in [1.165, 1.54) is 7.11 Å². The number of carbonyl (C=O) groups excluding carboxylic acids is 2. The second-order valence-corrected chi connectivity index (χ2v) is 7.43. The molecule has 2 atom stereocenters. The first kappa shape index (κ1) is 17.7. The van der Waals surface area contributed by atoms with Crippen LogP contribution in [0, 0.1) is 0 Å². The first-order valence-electron chi connectivity index (χ1n) is 6.38. The molecule has 1 aliphatic heterocycles. The van der Waals surface area contributed by atoms with Gasteiger partial charge in [-0.2, -0.15) is 8.42 Å². The molecule has 8 nitrogen and oxygen atoms in total. The standard InChI is InChI=1S/C12H21NO7S/c1-12(2,3)19-11(15)13-7-8(20-21(5,16)17)6-9(13)10(14)18-4/h8-9H,6-7H2,1-5H3/t8-,9-/m1/s1. The van der Waals surface area contributed by atoms with Crippen molar-refractivity contribution >= 4 is 22.2 Å². The molecule has 0 aliphatic carbocycles. The molecule has 0 aromatic carbocycles. The molecule has 0 aromatic rings. The van der Waals surface area contributed by atoms with Crippen molar-refractivity contribution in [3.8, 4) is 0 Å². The van der Waals surface area contributed by atoms with E-state index in [9.17, 15) is 18.0 Å². The summed E-state index contributed by atoms with van der Waals surface area (Å²) in [4.78, 5) is 25.0. The van der Waals surface area contributed by atoms with Crippen LogP contribution in [0.15, 0.2) is 0 Å². The minimum absolute atomic E-state index is 0.0407. The van der Waals surface area contributed by atoms with E-state index in [0.717, 1.165) is 11.2 Å². The zero-order chi connectivity index (χ0) is 16.4. The minimum atomic E-state index is -3.68. The molecule has 0 unspecified atom stereocenters. The maximum absolute atomic E-state index is 12.1. The fourth-order valence-electron chi connectivity index (χ4n) is 2.00. The fraction of sp³-hybridized carbons (Fsp3) is 0.833. The van der Waals surface area contributed by atoms with Crippen LogP contribution in [-0.2, 0) is 28.6 Å². The normalized spacial score (nSPS) is 23.0. The molecular weight excluding hydrogens is 302 g/mol. The van der Waals surface area contributed by atoms with Gasteiger partial charge in [-0.15, -0.1) is 0 Å². The molecule has 9 heteroatoms. The summed E-state index contributed by atoms with van der Waals surface area (Å²) in [6, 6.07) is -0.920. The lowest BCUT2D eigenvalue weighted by Crippen LogP contribution is -2.44. The largest absolute Gasteiger partial charge is 0.467 e. The molecule has 0 aromatic heterocycles. The van der Waals surface area contributed by atoms with Crippen molar-refractivity contribution < 1.29 is 31.7 Å². The predicted octanol–water partition coefficient (Wildman–Crippen LogP) is 0.514. The Kier molecular flexibility index (Phi) is 5.21. The van der Waals surface area contributed by atoms with Gasteiger partial charge in [0.1, 0.15) is 11.6 Å².